The molecule has 0 radical (unpaired) electrons. The third-order valence-electron chi connectivity index (χ3n) is 1.70. The van der Waals surface area contributed by atoms with Crippen molar-refractivity contribution in [2.24, 2.45) is 0 Å². The highest BCUT2D eigenvalue weighted by Crippen LogP contribution is 2.29. The van der Waals surface area contributed by atoms with Gasteiger partial charge in [-0.3, -0.25) is 0 Å². The molecule has 1 unspecified atom stereocenters. The number of hydrogen-bond donors (Lipinski definition) is 3. The maximum absolute atomic E-state index is 11.4. The topological polar surface area (TPSA) is 61.4 Å². The summed E-state index contributed by atoms with van der Waals surface area (Å²) in [6.07, 6.45) is -1.63. The molecule has 1 aromatic rings. The van der Waals surface area contributed by atoms with Crippen molar-refractivity contribution in [1.29, 1.82) is 0 Å². The van der Waals surface area contributed by atoms with Gasteiger partial charge in [-0.25, -0.2) is 4.79 Å². The van der Waals surface area contributed by atoms with Crippen molar-refractivity contribution in [3.05, 3.63) is 29.3 Å². The highest BCUT2D eigenvalue weighted by molar-refractivity contribution is 6.68. The molecule has 1 rings (SSSR count). The molecule has 0 heterocycles. The maximum Gasteiger partial charge on any atom is 0.321 e. The third kappa shape index (κ3) is 4.77. The predicted octanol–water partition coefficient (Wildman–Crippen LogP) is 3.15. The summed E-state index contributed by atoms with van der Waals surface area (Å²) in [5.41, 5.74) is 0.378. The van der Waals surface area contributed by atoms with Gasteiger partial charge in [0, 0.05) is 0 Å². The van der Waals surface area contributed by atoms with Gasteiger partial charge in [0.1, 0.15) is 0 Å². The Bertz CT molecular complexity index is 408. The summed E-state index contributed by atoms with van der Waals surface area (Å²) in [4.78, 5) is 11.4. The zero-order chi connectivity index (χ0) is 13.1. The van der Waals surface area contributed by atoms with Gasteiger partial charge in [0.25, 0.3) is 0 Å². The van der Waals surface area contributed by atoms with Crippen LogP contribution in [0.2, 0.25) is 5.02 Å². The van der Waals surface area contributed by atoms with Gasteiger partial charge < -0.3 is 15.7 Å². The number of aliphatic hydroxyl groups excluding tert-OH is 1. The molecule has 8 heteroatoms. The fourth-order valence-electron chi connectivity index (χ4n) is 0.927. The molecule has 0 saturated heterocycles. The van der Waals surface area contributed by atoms with E-state index < -0.39 is 16.1 Å². The van der Waals surface area contributed by atoms with E-state index in [0.717, 1.165) is 0 Å². The first-order valence-electron chi connectivity index (χ1n) is 4.37. The second-order valence-electron chi connectivity index (χ2n) is 3.02. The van der Waals surface area contributed by atoms with Crippen LogP contribution in [0.1, 0.15) is 0 Å². The van der Waals surface area contributed by atoms with Gasteiger partial charge in [-0.15, -0.1) is 0 Å². The summed E-state index contributed by atoms with van der Waals surface area (Å²) in [5.74, 6) is 0. The zero-order valence-electron chi connectivity index (χ0n) is 8.25. The minimum atomic E-state index is -2.00. The van der Waals surface area contributed by atoms with Crippen molar-refractivity contribution in [2.45, 2.75) is 10.0 Å². The van der Waals surface area contributed by atoms with Crippen LogP contribution in [0.25, 0.3) is 0 Å². The van der Waals surface area contributed by atoms with E-state index in [0.29, 0.717) is 10.7 Å². The third-order valence-corrected chi connectivity index (χ3v) is 2.65. The molecule has 1 atom stereocenters. The molecule has 4 nitrogen and oxygen atoms in total. The maximum atomic E-state index is 11.4. The van der Waals surface area contributed by atoms with E-state index in [9.17, 15) is 9.90 Å². The summed E-state index contributed by atoms with van der Waals surface area (Å²) < 4.78 is -2.00. The van der Waals surface area contributed by atoms with Gasteiger partial charge in [0.05, 0.1) is 10.7 Å². The molecule has 0 spiro atoms. The molecule has 0 saturated carbocycles. The minimum absolute atomic E-state index is 0.353. The number of aliphatic hydroxyl groups is 1. The number of urea groups is 1. The second-order valence-corrected chi connectivity index (χ2v) is 5.80. The van der Waals surface area contributed by atoms with E-state index in [4.69, 9.17) is 46.4 Å². The monoisotopic (exact) mass is 316 g/mol. The average molecular weight is 318 g/mol. The number of rotatable bonds is 2. The number of amides is 2. The van der Waals surface area contributed by atoms with Crippen LogP contribution in [-0.2, 0) is 0 Å². The quantitative estimate of drug-likeness (QED) is 0.579. The first-order valence-corrected chi connectivity index (χ1v) is 5.88. The normalized spacial score (nSPS) is 13.0. The largest absolute Gasteiger partial charge is 0.369 e. The fourth-order valence-corrected chi connectivity index (χ4v) is 1.27. The number of halogens is 4. The van der Waals surface area contributed by atoms with Crippen LogP contribution in [0, 0.1) is 0 Å². The number of hydrogen-bond acceptors (Lipinski definition) is 2. The summed E-state index contributed by atoms with van der Waals surface area (Å²) in [6, 6.07) is 5.84. The zero-order valence-corrected chi connectivity index (χ0v) is 11.3. The van der Waals surface area contributed by atoms with Gasteiger partial charge in [-0.1, -0.05) is 58.5 Å². The average Bonchev–Trinajstić information content (AvgIpc) is 2.20. The van der Waals surface area contributed by atoms with Crippen LogP contribution in [0.3, 0.4) is 0 Å². The molecule has 0 fully saturated rings. The van der Waals surface area contributed by atoms with Gasteiger partial charge in [0.2, 0.25) is 3.79 Å². The van der Waals surface area contributed by atoms with Crippen LogP contribution < -0.4 is 10.6 Å². The number of anilines is 1. The number of para-hydroxylation sites is 1. The van der Waals surface area contributed by atoms with Crippen molar-refractivity contribution in [3.8, 4) is 0 Å². The lowest BCUT2D eigenvalue weighted by Gasteiger charge is -2.20. The van der Waals surface area contributed by atoms with E-state index in [-0.39, 0.29) is 0 Å². The van der Waals surface area contributed by atoms with Crippen LogP contribution in [0.5, 0.6) is 0 Å². The van der Waals surface area contributed by atoms with Gasteiger partial charge in [0.15, 0.2) is 6.23 Å². The molecule has 94 valence electrons. The highest BCUT2D eigenvalue weighted by Gasteiger charge is 2.32. The Balaban J connectivity index is 2.60. The number of nitrogens with one attached hydrogen (secondary N) is 2. The van der Waals surface area contributed by atoms with E-state index in [2.05, 4.69) is 5.32 Å². The Morgan fingerprint density at radius 3 is 2.41 bits per heavy atom. The lowest BCUT2D eigenvalue weighted by molar-refractivity contribution is 0.148. The Kier molecular flexibility index (Phi) is 5.16. The summed E-state index contributed by atoms with van der Waals surface area (Å²) >= 11 is 21.9. The Morgan fingerprint density at radius 1 is 1.29 bits per heavy atom. The van der Waals surface area contributed by atoms with Gasteiger partial charge >= 0.3 is 6.03 Å². The van der Waals surface area contributed by atoms with Crippen molar-refractivity contribution in [3.63, 3.8) is 0 Å². The van der Waals surface area contributed by atoms with E-state index >= 15 is 0 Å². The first-order chi connectivity index (χ1) is 7.80. The van der Waals surface area contributed by atoms with Crippen LogP contribution in [0.15, 0.2) is 24.3 Å². The van der Waals surface area contributed by atoms with E-state index in [1.807, 2.05) is 5.32 Å². The second kappa shape index (κ2) is 5.98. The summed E-state index contributed by atoms with van der Waals surface area (Å²) in [5, 5.41) is 14.1. The Morgan fingerprint density at radius 2 is 1.88 bits per heavy atom. The highest BCUT2D eigenvalue weighted by atomic mass is 35.6. The summed E-state index contributed by atoms with van der Waals surface area (Å²) in [6.45, 7) is 0. The fraction of sp³-hybridized carbons (Fsp3) is 0.222. The number of carbonyl (C=O) groups excluding carboxylic acids is 1. The molecule has 0 bridgehead atoms. The van der Waals surface area contributed by atoms with E-state index in [1.165, 1.54) is 0 Å². The number of carbonyl (C=O) groups is 1. The van der Waals surface area contributed by atoms with Crippen LogP contribution in [0.4, 0.5) is 10.5 Å². The van der Waals surface area contributed by atoms with E-state index in [1.54, 1.807) is 24.3 Å². The first kappa shape index (κ1) is 14.7. The molecule has 0 aromatic heterocycles. The molecule has 1 aromatic carbocycles. The van der Waals surface area contributed by atoms with Crippen LogP contribution in [-0.4, -0.2) is 21.2 Å². The molecule has 0 aliphatic rings. The predicted molar refractivity (Wildman–Crippen MR) is 69.9 cm³/mol. The summed E-state index contributed by atoms with van der Waals surface area (Å²) in [7, 11) is 0. The molecular weight excluding hydrogens is 310 g/mol. The molecule has 0 aliphatic heterocycles. The van der Waals surface area contributed by atoms with Gasteiger partial charge in [-0.2, -0.15) is 0 Å². The van der Waals surface area contributed by atoms with Crippen molar-refractivity contribution in [2.75, 3.05) is 5.32 Å². The Labute approximate surface area is 118 Å². The standard InChI is InChI=1S/C9H8Cl4N2O2/c10-5-3-1-2-4-6(5)14-8(17)15-7(16)9(11,12)13/h1-4,7,16H,(H2,14,15,17). The lowest BCUT2D eigenvalue weighted by atomic mass is 10.3. The number of alkyl halides is 3. The van der Waals surface area contributed by atoms with Crippen molar-refractivity contribution < 1.29 is 9.90 Å². The van der Waals surface area contributed by atoms with Crippen molar-refractivity contribution >= 4 is 58.1 Å². The smallest absolute Gasteiger partial charge is 0.321 e. The Hall–Kier alpha value is -0.390. The molecular formula is C9H8Cl4N2O2. The molecule has 17 heavy (non-hydrogen) atoms. The lowest BCUT2D eigenvalue weighted by Crippen LogP contribution is -2.45. The van der Waals surface area contributed by atoms with Gasteiger partial charge in [-0.05, 0) is 12.1 Å². The molecule has 2 amide bonds. The van der Waals surface area contributed by atoms with Crippen LogP contribution >= 0.6 is 46.4 Å². The SMILES string of the molecule is O=C(Nc1ccccc1Cl)NC(O)C(Cl)(Cl)Cl. The minimum Gasteiger partial charge on any atom is -0.369 e. The molecule has 3 N–H and O–H groups in total. The molecule has 0 aliphatic carbocycles. The number of benzene rings is 1. The van der Waals surface area contributed by atoms with Crippen molar-refractivity contribution in [1.82, 2.24) is 5.32 Å².